The second-order valence-electron chi connectivity index (χ2n) is 5.89. The van der Waals surface area contributed by atoms with E-state index in [4.69, 9.17) is 9.88 Å². The minimum Gasteiger partial charge on any atom is -0.456 e. The normalized spacial score (nSPS) is 12.3. The van der Waals surface area contributed by atoms with Crippen LogP contribution in [0.4, 0.5) is 0 Å². The van der Waals surface area contributed by atoms with E-state index in [-0.39, 0.29) is 10.5 Å². The Kier molecular flexibility index (Phi) is 4.31. The van der Waals surface area contributed by atoms with Gasteiger partial charge in [-0.3, -0.25) is 0 Å². The third kappa shape index (κ3) is 3.58. The van der Waals surface area contributed by atoms with Crippen LogP contribution < -0.4 is 5.14 Å². The van der Waals surface area contributed by atoms with Gasteiger partial charge in [0.25, 0.3) is 0 Å². The Morgan fingerprint density at radius 2 is 1.65 bits per heavy atom. The zero-order chi connectivity index (χ0) is 15.9. The van der Waals surface area contributed by atoms with Crippen molar-refractivity contribution in [3.05, 3.63) is 28.3 Å². The molecule has 0 aliphatic heterocycles. The fourth-order valence-corrected chi connectivity index (χ4v) is 3.29. The molecule has 0 bridgehead atoms. The van der Waals surface area contributed by atoms with Crippen molar-refractivity contribution >= 4 is 16.0 Å². The maximum absolute atomic E-state index is 12.2. The summed E-state index contributed by atoms with van der Waals surface area (Å²) >= 11 is 0. The second kappa shape index (κ2) is 5.18. The van der Waals surface area contributed by atoms with Crippen molar-refractivity contribution in [1.29, 1.82) is 0 Å². The first kappa shape index (κ1) is 16.7. The van der Waals surface area contributed by atoms with Crippen LogP contribution in [0.5, 0.6) is 0 Å². The van der Waals surface area contributed by atoms with Crippen LogP contribution in [0.2, 0.25) is 0 Å². The van der Waals surface area contributed by atoms with Crippen molar-refractivity contribution in [3.63, 3.8) is 0 Å². The van der Waals surface area contributed by atoms with Crippen molar-refractivity contribution in [1.82, 2.24) is 0 Å². The number of aryl methyl sites for hydroxylation is 2. The summed E-state index contributed by atoms with van der Waals surface area (Å²) in [5.74, 6) is -0.544. The van der Waals surface area contributed by atoms with Gasteiger partial charge in [-0.2, -0.15) is 0 Å². The van der Waals surface area contributed by atoms with Crippen molar-refractivity contribution in [2.45, 2.75) is 52.0 Å². The number of benzene rings is 1. The number of carbonyl (C=O) groups is 1. The third-order valence-corrected chi connectivity index (χ3v) is 3.99. The number of rotatable bonds is 2. The highest BCUT2D eigenvalue weighted by Crippen LogP contribution is 2.27. The molecule has 0 aliphatic rings. The van der Waals surface area contributed by atoms with Gasteiger partial charge in [-0.05, 0) is 58.2 Å². The summed E-state index contributed by atoms with van der Waals surface area (Å²) in [4.78, 5) is 12.2. The van der Waals surface area contributed by atoms with Crippen LogP contribution in [0.25, 0.3) is 0 Å². The van der Waals surface area contributed by atoms with E-state index >= 15 is 0 Å². The minimum atomic E-state index is -3.89. The molecule has 0 heterocycles. The highest BCUT2D eigenvalue weighted by atomic mass is 32.2. The van der Waals surface area contributed by atoms with Gasteiger partial charge in [-0.25, -0.2) is 18.4 Å². The predicted molar refractivity (Wildman–Crippen MR) is 77.2 cm³/mol. The van der Waals surface area contributed by atoms with Gasteiger partial charge in [-0.15, -0.1) is 0 Å². The molecule has 0 atom stereocenters. The van der Waals surface area contributed by atoms with Crippen LogP contribution in [-0.4, -0.2) is 20.0 Å². The molecule has 0 spiro atoms. The highest BCUT2D eigenvalue weighted by molar-refractivity contribution is 7.89. The quantitative estimate of drug-likeness (QED) is 0.848. The zero-order valence-electron chi connectivity index (χ0n) is 12.7. The molecule has 2 N–H and O–H groups in total. The lowest BCUT2D eigenvalue weighted by molar-refractivity contribution is 0.00676. The van der Waals surface area contributed by atoms with Crippen molar-refractivity contribution in [2.75, 3.05) is 0 Å². The summed E-state index contributed by atoms with van der Waals surface area (Å²) in [7, 11) is -3.89. The molecular formula is C14H21NO4S. The second-order valence-corrected chi connectivity index (χ2v) is 7.38. The summed E-state index contributed by atoms with van der Waals surface area (Å²) in [6.45, 7) is 10.2. The van der Waals surface area contributed by atoms with E-state index in [0.29, 0.717) is 16.7 Å². The van der Waals surface area contributed by atoms with Gasteiger partial charge in [0.15, 0.2) is 0 Å². The fraction of sp³-hybridized carbons (Fsp3) is 0.500. The van der Waals surface area contributed by atoms with Crippen LogP contribution >= 0.6 is 0 Å². The Hall–Kier alpha value is -1.40. The van der Waals surface area contributed by atoms with Gasteiger partial charge in [0, 0.05) is 0 Å². The van der Waals surface area contributed by atoms with Gasteiger partial charge in [0.1, 0.15) is 5.60 Å². The van der Waals surface area contributed by atoms with E-state index in [2.05, 4.69) is 0 Å². The first-order chi connectivity index (χ1) is 8.84. The van der Waals surface area contributed by atoms with E-state index in [9.17, 15) is 13.2 Å². The van der Waals surface area contributed by atoms with Crippen LogP contribution in [-0.2, 0) is 14.8 Å². The molecule has 0 amide bonds. The number of esters is 1. The molecule has 0 aromatic heterocycles. The number of hydrogen-bond donors (Lipinski definition) is 1. The van der Waals surface area contributed by atoms with E-state index in [1.54, 1.807) is 47.6 Å². The van der Waals surface area contributed by atoms with Crippen LogP contribution in [0, 0.1) is 20.8 Å². The first-order valence-electron chi connectivity index (χ1n) is 6.21. The number of hydrogen-bond acceptors (Lipinski definition) is 4. The van der Waals surface area contributed by atoms with Crippen molar-refractivity contribution in [3.8, 4) is 0 Å². The third-order valence-electron chi connectivity index (χ3n) is 2.79. The molecular weight excluding hydrogens is 278 g/mol. The lowest BCUT2D eigenvalue weighted by Gasteiger charge is -2.22. The Labute approximate surface area is 120 Å². The molecule has 1 aromatic rings. The minimum absolute atomic E-state index is 0.0102. The molecule has 0 saturated carbocycles. The van der Waals surface area contributed by atoms with E-state index in [1.165, 1.54) is 0 Å². The van der Waals surface area contributed by atoms with Crippen LogP contribution in [0.15, 0.2) is 11.0 Å². The molecule has 0 fully saturated rings. The van der Waals surface area contributed by atoms with Gasteiger partial charge in [0.05, 0.1) is 10.5 Å². The smallest absolute Gasteiger partial charge is 0.339 e. The molecule has 0 radical (unpaired) electrons. The average Bonchev–Trinajstić information content (AvgIpc) is 2.09. The SMILES string of the molecule is Cc1cc(C)c(S(N)(=O)=O)c(C)c1C(=O)OC(C)(C)C. The largest absolute Gasteiger partial charge is 0.456 e. The topological polar surface area (TPSA) is 86.5 Å². The van der Waals surface area contributed by atoms with Crippen LogP contribution in [0.1, 0.15) is 47.8 Å². The van der Waals surface area contributed by atoms with Gasteiger partial charge >= 0.3 is 5.97 Å². The molecule has 6 heteroatoms. The molecule has 1 aromatic carbocycles. The molecule has 5 nitrogen and oxygen atoms in total. The molecule has 1 rings (SSSR count). The summed E-state index contributed by atoms with van der Waals surface area (Å²) in [5, 5.41) is 5.22. The Balaban J connectivity index is 3.54. The molecule has 0 unspecified atom stereocenters. The maximum atomic E-state index is 12.2. The maximum Gasteiger partial charge on any atom is 0.339 e. The number of nitrogens with two attached hydrogens (primary N) is 1. The van der Waals surface area contributed by atoms with Gasteiger partial charge in [0.2, 0.25) is 10.0 Å². The molecule has 112 valence electrons. The van der Waals surface area contributed by atoms with Crippen molar-refractivity contribution < 1.29 is 17.9 Å². The monoisotopic (exact) mass is 299 g/mol. The lowest BCUT2D eigenvalue weighted by atomic mass is 9.99. The van der Waals surface area contributed by atoms with Crippen LogP contribution in [0.3, 0.4) is 0 Å². The standard InChI is InChI=1S/C14H21NO4S/c1-8-7-9(2)12(20(15,17)18)10(3)11(8)13(16)19-14(4,5)6/h7H,1-6H3,(H2,15,17,18). The van der Waals surface area contributed by atoms with E-state index in [1.807, 2.05) is 0 Å². The molecule has 0 aliphatic carbocycles. The molecule has 20 heavy (non-hydrogen) atoms. The first-order valence-corrected chi connectivity index (χ1v) is 7.76. The number of primary sulfonamides is 1. The fourth-order valence-electron chi connectivity index (χ4n) is 2.25. The number of sulfonamides is 1. The molecule has 0 saturated heterocycles. The number of carbonyl (C=O) groups excluding carboxylic acids is 1. The zero-order valence-corrected chi connectivity index (χ0v) is 13.5. The Bertz CT molecular complexity index is 655. The summed E-state index contributed by atoms with van der Waals surface area (Å²) in [6, 6.07) is 1.63. The summed E-state index contributed by atoms with van der Waals surface area (Å²) in [6.07, 6.45) is 0. The Morgan fingerprint density at radius 1 is 1.15 bits per heavy atom. The average molecular weight is 299 g/mol. The Morgan fingerprint density at radius 3 is 2.05 bits per heavy atom. The lowest BCUT2D eigenvalue weighted by Crippen LogP contribution is -2.26. The van der Waals surface area contributed by atoms with E-state index in [0.717, 1.165) is 0 Å². The summed E-state index contributed by atoms with van der Waals surface area (Å²) < 4.78 is 28.7. The highest BCUT2D eigenvalue weighted by Gasteiger charge is 2.26. The summed E-state index contributed by atoms with van der Waals surface area (Å²) in [5.41, 5.74) is 1.13. The van der Waals surface area contributed by atoms with Crippen molar-refractivity contribution in [2.24, 2.45) is 5.14 Å². The van der Waals surface area contributed by atoms with Gasteiger partial charge in [-0.1, -0.05) is 6.07 Å². The van der Waals surface area contributed by atoms with E-state index < -0.39 is 21.6 Å². The van der Waals surface area contributed by atoms with Gasteiger partial charge < -0.3 is 4.74 Å². The number of ether oxygens (including phenoxy) is 1. The predicted octanol–water partition coefficient (Wildman–Crippen LogP) is 2.21.